The zero-order valence-corrected chi connectivity index (χ0v) is 15.0. The highest BCUT2D eigenvalue weighted by Crippen LogP contribution is 2.30. The van der Waals surface area contributed by atoms with E-state index in [1.54, 1.807) is 6.20 Å². The van der Waals surface area contributed by atoms with Crippen molar-refractivity contribution in [2.75, 3.05) is 5.73 Å². The number of aromatic nitrogens is 1. The molecule has 0 radical (unpaired) electrons. The fraction of sp³-hybridized carbons (Fsp3) is 0.400. The van der Waals surface area contributed by atoms with Crippen molar-refractivity contribution in [2.45, 2.75) is 51.7 Å². The second-order valence-corrected chi connectivity index (χ2v) is 7.48. The lowest BCUT2D eigenvalue weighted by molar-refractivity contribution is 0.0502. The zero-order valence-electron chi connectivity index (χ0n) is 15.0. The van der Waals surface area contributed by atoms with E-state index in [1.807, 2.05) is 32.9 Å². The molecule has 0 spiro atoms. The molecular weight excluding hydrogens is 314 g/mol. The molecule has 3 N–H and O–H groups in total. The third-order valence-corrected chi connectivity index (χ3v) is 4.28. The summed E-state index contributed by atoms with van der Waals surface area (Å²) in [6.07, 6.45) is 6.18. The molecule has 0 saturated carbocycles. The number of ether oxygens (including phenoxy) is 1. The molecular formula is C20H25N3O2. The Labute approximate surface area is 148 Å². The van der Waals surface area contributed by atoms with Gasteiger partial charge in [0.05, 0.1) is 5.52 Å². The first kappa shape index (κ1) is 17.3. The Kier molecular flexibility index (Phi) is 4.66. The van der Waals surface area contributed by atoms with Gasteiger partial charge in [-0.25, -0.2) is 4.79 Å². The van der Waals surface area contributed by atoms with Crippen LogP contribution in [0.3, 0.4) is 0 Å². The number of nitrogens with one attached hydrogen (secondary N) is 1. The lowest BCUT2D eigenvalue weighted by Crippen LogP contribution is -2.39. The molecule has 25 heavy (non-hydrogen) atoms. The van der Waals surface area contributed by atoms with Crippen LogP contribution in [0.4, 0.5) is 10.5 Å². The standard InChI is InChI=1S/C20H25N3O2/c1-20(2,3)25-19(24)23-15-7-4-13(5-8-15)14-6-9-18-16(12-14)17(21)10-11-22-18/h4,6,9-12,15H,5,7-8H2,1-3H3,(H2,21,22)(H,23,24). The van der Waals surface area contributed by atoms with Crippen LogP contribution in [0.1, 0.15) is 45.6 Å². The van der Waals surface area contributed by atoms with E-state index in [-0.39, 0.29) is 12.1 Å². The Morgan fingerprint density at radius 2 is 2.12 bits per heavy atom. The maximum Gasteiger partial charge on any atom is 0.407 e. The summed E-state index contributed by atoms with van der Waals surface area (Å²) in [5, 5.41) is 3.93. The quantitative estimate of drug-likeness (QED) is 0.856. The molecule has 1 atom stereocenters. The molecule has 1 amide bonds. The normalized spacial score (nSPS) is 17.9. The molecule has 1 unspecified atom stereocenters. The number of anilines is 1. The number of carbonyl (C=O) groups excluding carboxylic acids is 1. The predicted molar refractivity (Wildman–Crippen MR) is 101 cm³/mol. The third-order valence-electron chi connectivity index (χ3n) is 4.28. The van der Waals surface area contributed by atoms with Gasteiger partial charge in [-0.15, -0.1) is 0 Å². The van der Waals surface area contributed by atoms with Crippen LogP contribution in [0.25, 0.3) is 16.5 Å². The monoisotopic (exact) mass is 339 g/mol. The fourth-order valence-electron chi connectivity index (χ4n) is 3.07. The van der Waals surface area contributed by atoms with Crippen LogP contribution in [-0.4, -0.2) is 22.7 Å². The highest BCUT2D eigenvalue weighted by Gasteiger charge is 2.21. The number of alkyl carbamates (subject to hydrolysis) is 1. The number of allylic oxidation sites excluding steroid dienone is 1. The minimum absolute atomic E-state index is 0.116. The smallest absolute Gasteiger partial charge is 0.407 e. The molecule has 2 aromatic rings. The zero-order chi connectivity index (χ0) is 18.0. The van der Waals surface area contributed by atoms with Crippen molar-refractivity contribution in [1.82, 2.24) is 10.3 Å². The number of rotatable bonds is 2. The second-order valence-electron chi connectivity index (χ2n) is 7.48. The summed E-state index contributed by atoms with van der Waals surface area (Å²) in [5.74, 6) is 0. The SMILES string of the molecule is CC(C)(C)OC(=O)NC1CC=C(c2ccc3nccc(N)c3c2)CC1. The van der Waals surface area contributed by atoms with Gasteiger partial charge in [-0.1, -0.05) is 12.1 Å². The van der Waals surface area contributed by atoms with Crippen LogP contribution >= 0.6 is 0 Å². The van der Waals surface area contributed by atoms with Crippen LogP contribution < -0.4 is 11.1 Å². The molecule has 1 aromatic carbocycles. The largest absolute Gasteiger partial charge is 0.444 e. The molecule has 132 valence electrons. The van der Waals surface area contributed by atoms with Crippen molar-refractivity contribution in [3.63, 3.8) is 0 Å². The van der Waals surface area contributed by atoms with E-state index in [2.05, 4.69) is 28.5 Å². The minimum Gasteiger partial charge on any atom is -0.444 e. The van der Waals surface area contributed by atoms with Crippen molar-refractivity contribution < 1.29 is 9.53 Å². The molecule has 1 aliphatic rings. The molecule has 1 aromatic heterocycles. The second kappa shape index (κ2) is 6.75. The van der Waals surface area contributed by atoms with Crippen molar-refractivity contribution >= 4 is 28.3 Å². The van der Waals surface area contributed by atoms with E-state index >= 15 is 0 Å². The summed E-state index contributed by atoms with van der Waals surface area (Å²) in [5.41, 5.74) is 9.69. The fourth-order valence-corrected chi connectivity index (χ4v) is 3.07. The van der Waals surface area contributed by atoms with E-state index in [9.17, 15) is 4.79 Å². The number of nitrogens with two attached hydrogens (primary N) is 1. The van der Waals surface area contributed by atoms with E-state index < -0.39 is 5.60 Å². The predicted octanol–water partition coefficient (Wildman–Crippen LogP) is 4.28. The number of amides is 1. The Hall–Kier alpha value is -2.56. The van der Waals surface area contributed by atoms with Crippen molar-refractivity contribution in [3.05, 3.63) is 42.1 Å². The van der Waals surface area contributed by atoms with Gasteiger partial charge in [-0.2, -0.15) is 0 Å². The third kappa shape index (κ3) is 4.29. The first-order valence-corrected chi connectivity index (χ1v) is 8.65. The Balaban J connectivity index is 1.69. The topological polar surface area (TPSA) is 77.2 Å². The van der Waals surface area contributed by atoms with Gasteiger partial charge in [0, 0.05) is 23.3 Å². The van der Waals surface area contributed by atoms with Gasteiger partial charge < -0.3 is 15.8 Å². The Morgan fingerprint density at radius 1 is 1.32 bits per heavy atom. The molecule has 1 heterocycles. The number of hydrogen-bond acceptors (Lipinski definition) is 4. The summed E-state index contributed by atoms with van der Waals surface area (Å²) < 4.78 is 5.32. The lowest BCUT2D eigenvalue weighted by atomic mass is 9.90. The van der Waals surface area contributed by atoms with E-state index in [0.29, 0.717) is 0 Å². The summed E-state index contributed by atoms with van der Waals surface area (Å²) >= 11 is 0. The van der Waals surface area contributed by atoms with Crippen LogP contribution in [0.2, 0.25) is 0 Å². The molecule has 0 aliphatic heterocycles. The molecule has 3 rings (SSSR count). The van der Waals surface area contributed by atoms with Gasteiger partial charge in [0.25, 0.3) is 0 Å². The van der Waals surface area contributed by atoms with Gasteiger partial charge in [-0.3, -0.25) is 4.98 Å². The van der Waals surface area contributed by atoms with Gasteiger partial charge in [0.2, 0.25) is 0 Å². The van der Waals surface area contributed by atoms with Gasteiger partial charge in [0.15, 0.2) is 0 Å². The maximum atomic E-state index is 11.9. The highest BCUT2D eigenvalue weighted by molar-refractivity contribution is 5.92. The Morgan fingerprint density at radius 3 is 2.80 bits per heavy atom. The van der Waals surface area contributed by atoms with Crippen molar-refractivity contribution in [2.24, 2.45) is 0 Å². The maximum absolute atomic E-state index is 11.9. The van der Waals surface area contributed by atoms with E-state index in [4.69, 9.17) is 10.5 Å². The minimum atomic E-state index is -0.473. The van der Waals surface area contributed by atoms with E-state index in [1.165, 1.54) is 11.1 Å². The molecule has 5 nitrogen and oxygen atoms in total. The van der Waals surface area contributed by atoms with Gasteiger partial charge in [-0.05, 0) is 69.4 Å². The summed E-state index contributed by atoms with van der Waals surface area (Å²) in [6, 6.07) is 8.13. The molecule has 0 saturated heterocycles. The highest BCUT2D eigenvalue weighted by atomic mass is 16.6. The number of nitrogens with zero attached hydrogens (tertiary/aromatic N) is 1. The Bertz CT molecular complexity index is 821. The lowest BCUT2D eigenvalue weighted by Gasteiger charge is -2.26. The first-order valence-electron chi connectivity index (χ1n) is 8.65. The van der Waals surface area contributed by atoms with Crippen LogP contribution in [0.5, 0.6) is 0 Å². The van der Waals surface area contributed by atoms with Crippen molar-refractivity contribution in [3.8, 4) is 0 Å². The molecule has 0 fully saturated rings. The number of carbonyl (C=O) groups is 1. The molecule has 1 aliphatic carbocycles. The number of fused-ring (bicyclic) bond motifs is 1. The number of nitrogen functional groups attached to an aromatic ring is 1. The van der Waals surface area contributed by atoms with Gasteiger partial charge in [0.1, 0.15) is 5.60 Å². The van der Waals surface area contributed by atoms with Gasteiger partial charge >= 0.3 is 6.09 Å². The average Bonchev–Trinajstić information content (AvgIpc) is 2.54. The summed E-state index contributed by atoms with van der Waals surface area (Å²) in [7, 11) is 0. The summed E-state index contributed by atoms with van der Waals surface area (Å²) in [6.45, 7) is 5.60. The number of pyridine rings is 1. The number of hydrogen-bond donors (Lipinski definition) is 2. The van der Waals surface area contributed by atoms with Crippen LogP contribution in [0.15, 0.2) is 36.5 Å². The van der Waals surface area contributed by atoms with Crippen LogP contribution in [0, 0.1) is 0 Å². The first-order chi connectivity index (χ1) is 11.8. The summed E-state index contributed by atoms with van der Waals surface area (Å²) in [4.78, 5) is 16.2. The molecule has 0 bridgehead atoms. The van der Waals surface area contributed by atoms with E-state index in [0.717, 1.165) is 35.9 Å². The van der Waals surface area contributed by atoms with Crippen molar-refractivity contribution in [1.29, 1.82) is 0 Å². The molecule has 5 heteroatoms. The average molecular weight is 339 g/mol. The van der Waals surface area contributed by atoms with Crippen LogP contribution in [-0.2, 0) is 4.74 Å². The number of benzene rings is 1.